The third-order valence-corrected chi connectivity index (χ3v) is 4.23. The van der Waals surface area contributed by atoms with Crippen LogP contribution in [0.15, 0.2) is 42.6 Å². The number of benzene rings is 1. The molecule has 0 aliphatic rings. The van der Waals surface area contributed by atoms with Crippen LogP contribution in [0, 0.1) is 6.92 Å². The number of thiocarbonyl (C=S) groups is 1. The predicted molar refractivity (Wildman–Crippen MR) is 111 cm³/mol. The number of nitrogens with zero attached hydrogens (tertiary/aromatic N) is 1. The monoisotopic (exact) mass is 450 g/mol. The summed E-state index contributed by atoms with van der Waals surface area (Å²) in [6.07, 6.45) is 0.381. The van der Waals surface area contributed by atoms with Crippen LogP contribution >= 0.6 is 58.6 Å². The molecule has 10 heteroatoms. The average molecular weight is 452 g/mol. The summed E-state index contributed by atoms with van der Waals surface area (Å²) >= 11 is 28.9. The molecule has 2 aromatic rings. The standard InChI is InChI=1S/C16H14Cl4N4OS/c1-9-3-2-4-10(7-9)13(25)23-14(16(18,19)20)24-15(26)22-12-6-5-11(17)8-21-12/h2-8,14H,1H3,(H,23,25)(H2,21,22,24,26)/t14-/m1/s1. The maximum Gasteiger partial charge on any atom is 0.252 e. The number of nitrogens with one attached hydrogen (secondary N) is 3. The van der Waals surface area contributed by atoms with Crippen molar-refractivity contribution < 1.29 is 4.79 Å². The predicted octanol–water partition coefficient (Wildman–Crippen LogP) is 4.46. The summed E-state index contributed by atoms with van der Waals surface area (Å²) in [5.41, 5.74) is 1.37. The molecule has 0 aliphatic carbocycles. The topological polar surface area (TPSA) is 66.1 Å². The van der Waals surface area contributed by atoms with Gasteiger partial charge in [-0.1, -0.05) is 64.1 Å². The first-order valence-corrected chi connectivity index (χ1v) is 9.20. The van der Waals surface area contributed by atoms with Gasteiger partial charge >= 0.3 is 0 Å². The number of pyridine rings is 1. The summed E-state index contributed by atoms with van der Waals surface area (Å²) in [6.45, 7) is 1.87. The molecule has 1 atom stereocenters. The lowest BCUT2D eigenvalue weighted by atomic mass is 10.1. The largest absolute Gasteiger partial charge is 0.339 e. The molecule has 1 aromatic carbocycles. The molecule has 0 bridgehead atoms. The van der Waals surface area contributed by atoms with Crippen LogP contribution in [-0.4, -0.2) is 26.0 Å². The molecule has 3 N–H and O–H groups in total. The zero-order valence-electron chi connectivity index (χ0n) is 13.4. The second-order valence-corrected chi connectivity index (χ2v) is 8.49. The molecular formula is C16H14Cl4N4OS. The van der Waals surface area contributed by atoms with E-state index in [1.54, 1.807) is 30.3 Å². The molecule has 0 unspecified atom stereocenters. The number of anilines is 1. The lowest BCUT2D eigenvalue weighted by Gasteiger charge is -2.27. The summed E-state index contributed by atoms with van der Waals surface area (Å²) in [5.74, 6) is 0.0323. The Balaban J connectivity index is 2.06. The third-order valence-electron chi connectivity index (χ3n) is 3.13. The van der Waals surface area contributed by atoms with Crippen molar-refractivity contribution in [3.05, 3.63) is 58.7 Å². The molecule has 1 amide bonds. The van der Waals surface area contributed by atoms with E-state index in [1.807, 2.05) is 13.0 Å². The molecular weight excluding hydrogens is 438 g/mol. The fourth-order valence-electron chi connectivity index (χ4n) is 1.93. The average Bonchev–Trinajstić information content (AvgIpc) is 2.55. The van der Waals surface area contributed by atoms with E-state index >= 15 is 0 Å². The molecule has 1 aromatic heterocycles. The van der Waals surface area contributed by atoms with Gasteiger partial charge in [0.2, 0.25) is 3.79 Å². The molecule has 2 rings (SSSR count). The highest BCUT2D eigenvalue weighted by atomic mass is 35.6. The molecule has 138 valence electrons. The molecule has 0 aliphatic heterocycles. The van der Waals surface area contributed by atoms with Crippen LogP contribution in [0.4, 0.5) is 5.82 Å². The third kappa shape index (κ3) is 6.45. The van der Waals surface area contributed by atoms with Crippen LogP contribution in [-0.2, 0) is 0 Å². The molecule has 5 nitrogen and oxygen atoms in total. The van der Waals surface area contributed by atoms with E-state index in [9.17, 15) is 4.79 Å². The van der Waals surface area contributed by atoms with Crippen LogP contribution in [0.1, 0.15) is 15.9 Å². The van der Waals surface area contributed by atoms with Crippen LogP contribution in [0.25, 0.3) is 0 Å². The SMILES string of the molecule is Cc1cccc(C(=O)N[C@H](NC(=S)Nc2ccc(Cl)cn2)C(Cl)(Cl)Cl)c1. The summed E-state index contributed by atoms with van der Waals surface area (Å²) < 4.78 is -1.85. The minimum Gasteiger partial charge on any atom is -0.339 e. The first kappa shape index (κ1) is 21.0. The fraction of sp³-hybridized carbons (Fsp3) is 0.188. The quantitative estimate of drug-likeness (QED) is 0.364. The highest BCUT2D eigenvalue weighted by molar-refractivity contribution is 7.80. The zero-order valence-corrected chi connectivity index (χ0v) is 17.2. The molecule has 0 spiro atoms. The first-order valence-electron chi connectivity index (χ1n) is 7.28. The van der Waals surface area contributed by atoms with Crippen molar-refractivity contribution in [1.29, 1.82) is 0 Å². The number of halogens is 4. The Morgan fingerprint density at radius 1 is 1.19 bits per heavy atom. The highest BCUT2D eigenvalue weighted by Crippen LogP contribution is 2.29. The van der Waals surface area contributed by atoms with Crippen molar-refractivity contribution in [3.8, 4) is 0 Å². The van der Waals surface area contributed by atoms with Crippen molar-refractivity contribution in [1.82, 2.24) is 15.6 Å². The summed E-state index contributed by atoms with van der Waals surface area (Å²) in [6, 6.07) is 10.3. The van der Waals surface area contributed by atoms with E-state index in [1.165, 1.54) is 6.20 Å². The van der Waals surface area contributed by atoms with E-state index in [2.05, 4.69) is 20.9 Å². The van der Waals surface area contributed by atoms with E-state index in [0.29, 0.717) is 16.4 Å². The van der Waals surface area contributed by atoms with Crippen LogP contribution in [0.2, 0.25) is 5.02 Å². The van der Waals surface area contributed by atoms with Crippen molar-refractivity contribution in [2.75, 3.05) is 5.32 Å². The van der Waals surface area contributed by atoms with Gasteiger partial charge in [0.1, 0.15) is 12.0 Å². The maximum atomic E-state index is 12.4. The number of aromatic nitrogens is 1. The van der Waals surface area contributed by atoms with E-state index in [0.717, 1.165) is 5.56 Å². The number of hydrogen-bond donors (Lipinski definition) is 3. The normalized spacial score (nSPS) is 12.2. The Labute approximate surface area is 176 Å². The number of hydrogen-bond acceptors (Lipinski definition) is 3. The summed E-state index contributed by atoms with van der Waals surface area (Å²) in [5, 5.41) is 8.78. The zero-order chi connectivity index (χ0) is 19.3. The molecule has 0 saturated carbocycles. The van der Waals surface area contributed by atoms with Gasteiger partial charge in [-0.2, -0.15) is 0 Å². The van der Waals surface area contributed by atoms with Gasteiger partial charge in [-0.15, -0.1) is 0 Å². The van der Waals surface area contributed by atoms with Gasteiger partial charge in [0, 0.05) is 11.8 Å². The second-order valence-electron chi connectivity index (χ2n) is 5.28. The molecule has 1 heterocycles. The van der Waals surface area contributed by atoms with Crippen molar-refractivity contribution in [2.45, 2.75) is 16.9 Å². The molecule has 0 fully saturated rings. The minimum absolute atomic E-state index is 0.112. The first-order chi connectivity index (χ1) is 12.1. The Morgan fingerprint density at radius 2 is 1.92 bits per heavy atom. The van der Waals surface area contributed by atoms with Crippen LogP contribution < -0.4 is 16.0 Å². The van der Waals surface area contributed by atoms with Crippen LogP contribution in [0.3, 0.4) is 0 Å². The lowest BCUT2D eigenvalue weighted by molar-refractivity contribution is 0.0934. The number of alkyl halides is 3. The Morgan fingerprint density at radius 3 is 2.50 bits per heavy atom. The van der Waals surface area contributed by atoms with E-state index < -0.39 is 15.9 Å². The summed E-state index contributed by atoms with van der Waals surface area (Å²) in [7, 11) is 0. The van der Waals surface area contributed by atoms with Crippen LogP contribution in [0.5, 0.6) is 0 Å². The number of carbonyl (C=O) groups excluding carboxylic acids is 1. The van der Waals surface area contributed by atoms with Gasteiger partial charge in [-0.3, -0.25) is 4.79 Å². The number of carbonyl (C=O) groups is 1. The number of rotatable bonds is 4. The van der Waals surface area contributed by atoms with E-state index in [4.69, 9.17) is 58.6 Å². The smallest absolute Gasteiger partial charge is 0.252 e. The highest BCUT2D eigenvalue weighted by Gasteiger charge is 2.35. The van der Waals surface area contributed by atoms with Crippen molar-refractivity contribution >= 4 is 75.5 Å². The Hall–Kier alpha value is -1.31. The van der Waals surface area contributed by atoms with Gasteiger partial charge in [0.25, 0.3) is 5.91 Å². The Kier molecular flexibility index (Phi) is 7.32. The van der Waals surface area contributed by atoms with Gasteiger partial charge in [-0.05, 0) is 43.4 Å². The maximum absolute atomic E-state index is 12.4. The molecule has 0 saturated heterocycles. The fourth-order valence-corrected chi connectivity index (χ4v) is 2.60. The lowest BCUT2D eigenvalue weighted by Crippen LogP contribution is -2.56. The van der Waals surface area contributed by atoms with Gasteiger partial charge < -0.3 is 16.0 Å². The van der Waals surface area contributed by atoms with Gasteiger partial charge in [0.05, 0.1) is 5.02 Å². The second kappa shape index (κ2) is 9.06. The van der Waals surface area contributed by atoms with Crippen molar-refractivity contribution in [3.63, 3.8) is 0 Å². The van der Waals surface area contributed by atoms with Crippen molar-refractivity contribution in [2.24, 2.45) is 0 Å². The molecule has 26 heavy (non-hydrogen) atoms. The number of aryl methyl sites for hydroxylation is 1. The molecule has 0 radical (unpaired) electrons. The number of amides is 1. The Bertz CT molecular complexity index is 796. The minimum atomic E-state index is -1.85. The van der Waals surface area contributed by atoms with Gasteiger partial charge in [-0.25, -0.2) is 4.98 Å². The van der Waals surface area contributed by atoms with E-state index in [-0.39, 0.29) is 5.11 Å². The van der Waals surface area contributed by atoms with Gasteiger partial charge in [0.15, 0.2) is 5.11 Å². The summed E-state index contributed by atoms with van der Waals surface area (Å²) in [4.78, 5) is 16.5.